The van der Waals surface area contributed by atoms with E-state index in [4.69, 9.17) is 15.3 Å². The van der Waals surface area contributed by atoms with Crippen molar-refractivity contribution in [2.75, 3.05) is 40.0 Å². The second kappa shape index (κ2) is 6.66. The van der Waals surface area contributed by atoms with E-state index in [0.29, 0.717) is 0 Å². The molecule has 3 N–H and O–H groups in total. The zero-order valence-corrected chi connectivity index (χ0v) is 10.7. The van der Waals surface area contributed by atoms with Gasteiger partial charge in [-0.15, -0.1) is 0 Å². The van der Waals surface area contributed by atoms with Crippen LogP contribution in [0.25, 0.3) is 0 Å². The average Bonchev–Trinajstić information content (AvgIpc) is 2.37. The minimum Gasteiger partial charge on any atom is -0.381 e. The summed E-state index contributed by atoms with van der Waals surface area (Å²) in [5.41, 5.74) is 2.95. The van der Waals surface area contributed by atoms with Crippen LogP contribution in [0, 0.1) is 5.92 Å². The SMILES string of the molecule is CN1CCOC(C(CC2CCOCC2)NN)C1. The first kappa shape index (κ1) is 13.2. The Hall–Kier alpha value is -0.200. The van der Waals surface area contributed by atoms with Crippen LogP contribution in [-0.4, -0.2) is 57.0 Å². The topological polar surface area (TPSA) is 59.8 Å². The van der Waals surface area contributed by atoms with Gasteiger partial charge in [-0.2, -0.15) is 0 Å². The molecule has 0 amide bonds. The van der Waals surface area contributed by atoms with Crippen molar-refractivity contribution in [2.45, 2.75) is 31.4 Å². The van der Waals surface area contributed by atoms with Crippen LogP contribution >= 0.6 is 0 Å². The number of rotatable bonds is 4. The molecular weight excluding hydrogens is 218 g/mol. The van der Waals surface area contributed by atoms with E-state index in [0.717, 1.165) is 58.1 Å². The van der Waals surface area contributed by atoms with Crippen molar-refractivity contribution < 1.29 is 9.47 Å². The van der Waals surface area contributed by atoms with Crippen LogP contribution in [0.3, 0.4) is 0 Å². The van der Waals surface area contributed by atoms with Crippen LogP contribution in [0.5, 0.6) is 0 Å². The van der Waals surface area contributed by atoms with E-state index in [2.05, 4.69) is 17.4 Å². The second-order valence-electron chi connectivity index (χ2n) is 5.24. The monoisotopic (exact) mass is 243 g/mol. The number of nitrogens with one attached hydrogen (secondary N) is 1. The largest absolute Gasteiger partial charge is 0.381 e. The molecule has 0 aromatic carbocycles. The summed E-state index contributed by atoms with van der Waals surface area (Å²) in [6.07, 6.45) is 3.63. The summed E-state index contributed by atoms with van der Waals surface area (Å²) in [4.78, 5) is 2.31. The number of hydrogen-bond donors (Lipinski definition) is 2. The first-order valence-electron chi connectivity index (χ1n) is 6.63. The molecule has 0 aromatic rings. The van der Waals surface area contributed by atoms with E-state index in [9.17, 15) is 0 Å². The van der Waals surface area contributed by atoms with E-state index < -0.39 is 0 Å². The molecule has 2 saturated heterocycles. The highest BCUT2D eigenvalue weighted by molar-refractivity contribution is 4.83. The van der Waals surface area contributed by atoms with Gasteiger partial charge in [-0.3, -0.25) is 11.3 Å². The van der Waals surface area contributed by atoms with Gasteiger partial charge in [-0.05, 0) is 32.2 Å². The smallest absolute Gasteiger partial charge is 0.0868 e. The standard InChI is InChI=1S/C12H25N3O2/c1-15-4-7-17-12(9-15)11(14-13)8-10-2-5-16-6-3-10/h10-12,14H,2-9,13H2,1H3. The molecule has 0 aliphatic carbocycles. The molecule has 2 rings (SSSR count). The van der Waals surface area contributed by atoms with Crippen LogP contribution in [-0.2, 0) is 9.47 Å². The molecule has 100 valence electrons. The van der Waals surface area contributed by atoms with Crippen LogP contribution in [0.15, 0.2) is 0 Å². The van der Waals surface area contributed by atoms with Crippen LogP contribution in [0.1, 0.15) is 19.3 Å². The van der Waals surface area contributed by atoms with Gasteiger partial charge in [0.05, 0.1) is 12.7 Å². The lowest BCUT2D eigenvalue weighted by Crippen LogP contribution is -2.53. The molecule has 5 nitrogen and oxygen atoms in total. The zero-order valence-electron chi connectivity index (χ0n) is 10.7. The van der Waals surface area contributed by atoms with Gasteiger partial charge in [-0.25, -0.2) is 0 Å². The third-order valence-corrected chi connectivity index (χ3v) is 3.89. The molecular formula is C12H25N3O2. The maximum atomic E-state index is 5.83. The van der Waals surface area contributed by atoms with Crippen molar-refractivity contribution in [1.82, 2.24) is 10.3 Å². The minimum absolute atomic E-state index is 0.224. The highest BCUT2D eigenvalue weighted by atomic mass is 16.5. The van der Waals surface area contributed by atoms with Gasteiger partial charge < -0.3 is 14.4 Å². The highest BCUT2D eigenvalue weighted by Gasteiger charge is 2.28. The molecule has 5 heteroatoms. The molecule has 0 saturated carbocycles. The lowest BCUT2D eigenvalue weighted by Gasteiger charge is -2.36. The van der Waals surface area contributed by atoms with Gasteiger partial charge in [0.15, 0.2) is 0 Å². The number of hydrogen-bond acceptors (Lipinski definition) is 5. The van der Waals surface area contributed by atoms with Gasteiger partial charge in [0.2, 0.25) is 0 Å². The molecule has 2 heterocycles. The fraction of sp³-hybridized carbons (Fsp3) is 1.00. The maximum Gasteiger partial charge on any atom is 0.0868 e. The highest BCUT2D eigenvalue weighted by Crippen LogP contribution is 2.22. The molecule has 0 bridgehead atoms. The summed E-state index contributed by atoms with van der Waals surface area (Å²) in [6, 6.07) is 0.265. The first-order valence-corrected chi connectivity index (χ1v) is 6.63. The Balaban J connectivity index is 1.82. The predicted octanol–water partition coefficient (Wildman–Crippen LogP) is -0.0344. The number of nitrogens with two attached hydrogens (primary N) is 1. The fourth-order valence-electron chi connectivity index (χ4n) is 2.72. The van der Waals surface area contributed by atoms with Crippen LogP contribution in [0.2, 0.25) is 0 Å². The lowest BCUT2D eigenvalue weighted by atomic mass is 9.90. The number of likely N-dealkylation sites (N-methyl/N-ethyl adjacent to an activating group) is 1. The molecule has 2 fully saturated rings. The molecule has 2 aliphatic heterocycles. The van der Waals surface area contributed by atoms with Crippen molar-refractivity contribution >= 4 is 0 Å². The molecule has 2 atom stereocenters. The van der Waals surface area contributed by atoms with Crippen molar-refractivity contribution in [3.63, 3.8) is 0 Å². The summed E-state index contributed by atoms with van der Waals surface area (Å²) in [6.45, 7) is 4.59. The third-order valence-electron chi connectivity index (χ3n) is 3.89. The molecule has 2 aliphatic rings. The van der Waals surface area contributed by atoms with Crippen molar-refractivity contribution in [1.29, 1.82) is 0 Å². The number of morpholine rings is 1. The van der Waals surface area contributed by atoms with E-state index in [1.54, 1.807) is 0 Å². The summed E-state index contributed by atoms with van der Waals surface area (Å²) < 4.78 is 11.2. The van der Waals surface area contributed by atoms with Gasteiger partial charge >= 0.3 is 0 Å². The Kier molecular flexibility index (Phi) is 5.18. The van der Waals surface area contributed by atoms with Crippen LogP contribution in [0.4, 0.5) is 0 Å². The summed E-state index contributed by atoms with van der Waals surface area (Å²) in [5, 5.41) is 0. The number of nitrogens with zero attached hydrogens (tertiary/aromatic N) is 1. The number of hydrazine groups is 1. The average molecular weight is 243 g/mol. The second-order valence-corrected chi connectivity index (χ2v) is 5.24. The van der Waals surface area contributed by atoms with Crippen molar-refractivity contribution in [3.8, 4) is 0 Å². The molecule has 0 aromatic heterocycles. The molecule has 2 unspecified atom stereocenters. The predicted molar refractivity (Wildman–Crippen MR) is 66.5 cm³/mol. The number of ether oxygens (including phenoxy) is 2. The first-order chi connectivity index (χ1) is 8.29. The van der Waals surface area contributed by atoms with E-state index in [-0.39, 0.29) is 12.1 Å². The summed E-state index contributed by atoms with van der Waals surface area (Å²) in [7, 11) is 2.14. The molecule has 0 spiro atoms. The van der Waals surface area contributed by atoms with Gasteiger partial charge in [0, 0.05) is 32.3 Å². The van der Waals surface area contributed by atoms with E-state index >= 15 is 0 Å². The Morgan fingerprint density at radius 1 is 1.35 bits per heavy atom. The fourth-order valence-corrected chi connectivity index (χ4v) is 2.72. The van der Waals surface area contributed by atoms with Gasteiger partial charge in [0.1, 0.15) is 0 Å². The Morgan fingerprint density at radius 2 is 2.12 bits per heavy atom. The van der Waals surface area contributed by atoms with Gasteiger partial charge in [-0.1, -0.05) is 0 Å². The maximum absolute atomic E-state index is 5.83. The van der Waals surface area contributed by atoms with Crippen LogP contribution < -0.4 is 11.3 Å². The van der Waals surface area contributed by atoms with E-state index in [1.165, 1.54) is 0 Å². The zero-order chi connectivity index (χ0) is 12.1. The summed E-state index contributed by atoms with van der Waals surface area (Å²) in [5.74, 6) is 6.41. The molecule has 0 radical (unpaired) electrons. The Bertz CT molecular complexity index is 222. The summed E-state index contributed by atoms with van der Waals surface area (Å²) >= 11 is 0. The Morgan fingerprint density at radius 3 is 2.76 bits per heavy atom. The normalized spacial score (nSPS) is 30.4. The lowest BCUT2D eigenvalue weighted by molar-refractivity contribution is -0.0459. The van der Waals surface area contributed by atoms with Crippen molar-refractivity contribution in [2.24, 2.45) is 11.8 Å². The third kappa shape index (κ3) is 3.89. The Labute approximate surface area is 104 Å². The van der Waals surface area contributed by atoms with Gasteiger partial charge in [0.25, 0.3) is 0 Å². The van der Waals surface area contributed by atoms with Crippen molar-refractivity contribution in [3.05, 3.63) is 0 Å². The van der Waals surface area contributed by atoms with E-state index in [1.807, 2.05) is 0 Å². The quantitative estimate of drug-likeness (QED) is 0.536. The molecule has 17 heavy (non-hydrogen) atoms. The minimum atomic E-state index is 0.224.